The van der Waals surface area contributed by atoms with E-state index in [0.717, 1.165) is 23.3 Å². The van der Waals surface area contributed by atoms with Crippen molar-refractivity contribution in [2.24, 2.45) is 0 Å². The predicted molar refractivity (Wildman–Crippen MR) is 125 cm³/mol. The van der Waals surface area contributed by atoms with Crippen LogP contribution in [0.1, 0.15) is 13.3 Å². The lowest BCUT2D eigenvalue weighted by molar-refractivity contribution is -0.116. The third-order valence-electron chi connectivity index (χ3n) is 4.66. The largest absolute Gasteiger partial charge is 0.494 e. The normalized spacial score (nSPS) is 10.9. The van der Waals surface area contributed by atoms with Crippen LogP contribution in [0.2, 0.25) is 5.02 Å². The molecule has 4 rings (SSSR count). The van der Waals surface area contributed by atoms with Gasteiger partial charge in [-0.3, -0.25) is 14.2 Å². The predicted octanol–water partition coefficient (Wildman–Crippen LogP) is 5.21. The van der Waals surface area contributed by atoms with Crippen LogP contribution < -0.4 is 15.6 Å². The maximum atomic E-state index is 13.1. The van der Waals surface area contributed by atoms with Crippen LogP contribution in [-0.4, -0.2) is 22.1 Å². The Morgan fingerprint density at radius 3 is 2.71 bits per heavy atom. The van der Waals surface area contributed by atoms with Crippen LogP contribution in [0.15, 0.2) is 65.0 Å². The molecule has 1 amide bonds. The number of hydrogen-bond acceptors (Lipinski definition) is 5. The highest BCUT2D eigenvalue weighted by molar-refractivity contribution is 7.17. The Bertz CT molecular complexity index is 1280. The smallest absolute Gasteiger partial charge is 0.263 e. The summed E-state index contributed by atoms with van der Waals surface area (Å²) in [6.45, 7) is 2.55. The molecule has 0 fully saturated rings. The zero-order chi connectivity index (χ0) is 21.8. The fourth-order valence-electron chi connectivity index (χ4n) is 3.15. The van der Waals surface area contributed by atoms with Gasteiger partial charge in [0.25, 0.3) is 5.56 Å². The summed E-state index contributed by atoms with van der Waals surface area (Å²) in [5.41, 5.74) is 1.92. The Morgan fingerprint density at radius 2 is 1.97 bits per heavy atom. The standard InChI is InChI=1S/C23H20ClN3O3S/c1-2-11-30-16-9-7-15(8-10-16)17-13-31-22-21(17)23(29)27(14-25-22)12-20(28)26-19-6-4-3-5-18(19)24/h3-10,13-14H,2,11-12H2,1H3,(H,26,28). The first kappa shape index (κ1) is 21.1. The number of rotatable bonds is 7. The van der Waals surface area contributed by atoms with E-state index >= 15 is 0 Å². The third-order valence-corrected chi connectivity index (χ3v) is 5.88. The van der Waals surface area contributed by atoms with Crippen LogP contribution in [0.25, 0.3) is 21.3 Å². The molecule has 0 radical (unpaired) electrons. The van der Waals surface area contributed by atoms with E-state index in [0.29, 0.717) is 27.5 Å². The Kier molecular flexibility index (Phi) is 6.34. The van der Waals surface area contributed by atoms with Crippen molar-refractivity contribution in [2.75, 3.05) is 11.9 Å². The van der Waals surface area contributed by atoms with E-state index < -0.39 is 0 Å². The van der Waals surface area contributed by atoms with Crippen molar-refractivity contribution in [3.63, 3.8) is 0 Å². The number of thiophene rings is 1. The topological polar surface area (TPSA) is 73.2 Å². The molecule has 31 heavy (non-hydrogen) atoms. The molecule has 2 aromatic heterocycles. The van der Waals surface area contributed by atoms with Gasteiger partial charge >= 0.3 is 0 Å². The van der Waals surface area contributed by atoms with Crippen molar-refractivity contribution >= 4 is 44.7 Å². The first-order chi connectivity index (χ1) is 15.1. The first-order valence-electron chi connectivity index (χ1n) is 9.81. The molecule has 1 N–H and O–H groups in total. The van der Waals surface area contributed by atoms with Gasteiger partial charge < -0.3 is 10.1 Å². The summed E-state index contributed by atoms with van der Waals surface area (Å²) in [6, 6.07) is 14.6. The van der Waals surface area contributed by atoms with Crippen molar-refractivity contribution < 1.29 is 9.53 Å². The first-order valence-corrected chi connectivity index (χ1v) is 11.1. The number of amides is 1. The third kappa shape index (κ3) is 4.62. The maximum Gasteiger partial charge on any atom is 0.263 e. The quantitative estimate of drug-likeness (QED) is 0.417. The molecule has 0 bridgehead atoms. The second-order valence-electron chi connectivity index (χ2n) is 6.91. The molecular formula is C23H20ClN3O3S. The summed E-state index contributed by atoms with van der Waals surface area (Å²) in [4.78, 5) is 30.6. The van der Waals surface area contributed by atoms with Crippen molar-refractivity contribution in [3.05, 3.63) is 75.6 Å². The van der Waals surface area contributed by atoms with Gasteiger partial charge in [-0.05, 0) is 36.2 Å². The molecule has 0 spiro atoms. The van der Waals surface area contributed by atoms with Gasteiger partial charge in [0.2, 0.25) is 5.91 Å². The molecule has 0 saturated carbocycles. The SMILES string of the molecule is CCCOc1ccc(-c2csc3ncn(CC(=O)Nc4ccccc4Cl)c(=O)c23)cc1. The van der Waals surface area contributed by atoms with Gasteiger partial charge in [-0.1, -0.05) is 42.8 Å². The average molecular weight is 454 g/mol. The zero-order valence-corrected chi connectivity index (χ0v) is 18.4. The van der Waals surface area contributed by atoms with Gasteiger partial charge in [-0.15, -0.1) is 11.3 Å². The number of para-hydroxylation sites is 1. The Morgan fingerprint density at radius 1 is 1.19 bits per heavy atom. The van der Waals surface area contributed by atoms with E-state index in [1.165, 1.54) is 22.2 Å². The van der Waals surface area contributed by atoms with E-state index in [-0.39, 0.29) is 18.0 Å². The molecule has 0 unspecified atom stereocenters. The number of benzene rings is 2. The lowest BCUT2D eigenvalue weighted by Gasteiger charge is -2.09. The zero-order valence-electron chi connectivity index (χ0n) is 16.8. The molecule has 8 heteroatoms. The van der Waals surface area contributed by atoms with Gasteiger partial charge in [0.15, 0.2) is 0 Å². The van der Waals surface area contributed by atoms with E-state index in [1.807, 2.05) is 29.6 Å². The Labute approximate surface area is 188 Å². The minimum atomic E-state index is -0.356. The highest BCUT2D eigenvalue weighted by Crippen LogP contribution is 2.31. The second kappa shape index (κ2) is 9.32. The molecule has 0 aliphatic carbocycles. The van der Waals surface area contributed by atoms with Crippen molar-refractivity contribution in [1.82, 2.24) is 9.55 Å². The molecule has 0 aliphatic rings. The van der Waals surface area contributed by atoms with Crippen molar-refractivity contribution in [2.45, 2.75) is 19.9 Å². The van der Waals surface area contributed by atoms with Crippen LogP contribution >= 0.6 is 22.9 Å². The molecule has 0 aliphatic heterocycles. The molecule has 6 nitrogen and oxygen atoms in total. The number of nitrogens with zero attached hydrogens (tertiary/aromatic N) is 2. The minimum Gasteiger partial charge on any atom is -0.494 e. The molecule has 4 aromatic rings. The molecule has 0 atom stereocenters. The summed E-state index contributed by atoms with van der Waals surface area (Å²) in [5.74, 6) is 0.433. The molecular weight excluding hydrogens is 434 g/mol. The van der Waals surface area contributed by atoms with Crippen LogP contribution in [0.3, 0.4) is 0 Å². The van der Waals surface area contributed by atoms with Gasteiger partial charge in [-0.2, -0.15) is 0 Å². The summed E-state index contributed by atoms with van der Waals surface area (Å²) in [6.07, 6.45) is 2.34. The number of ether oxygens (including phenoxy) is 1. The number of hydrogen-bond donors (Lipinski definition) is 1. The fraction of sp³-hybridized carbons (Fsp3) is 0.174. The summed E-state index contributed by atoms with van der Waals surface area (Å²) >= 11 is 7.49. The van der Waals surface area contributed by atoms with Crippen LogP contribution in [0.5, 0.6) is 5.75 Å². The molecule has 2 heterocycles. The van der Waals surface area contributed by atoms with E-state index in [4.69, 9.17) is 16.3 Å². The maximum absolute atomic E-state index is 13.1. The van der Waals surface area contributed by atoms with Gasteiger partial charge in [0.05, 0.1) is 29.0 Å². The van der Waals surface area contributed by atoms with Crippen LogP contribution in [0, 0.1) is 0 Å². The van der Waals surface area contributed by atoms with E-state index in [9.17, 15) is 9.59 Å². The number of anilines is 1. The molecule has 0 saturated heterocycles. The van der Waals surface area contributed by atoms with Crippen LogP contribution in [-0.2, 0) is 11.3 Å². The van der Waals surface area contributed by atoms with Crippen molar-refractivity contribution in [3.8, 4) is 16.9 Å². The summed E-state index contributed by atoms with van der Waals surface area (Å²) in [7, 11) is 0. The number of carbonyl (C=O) groups excluding carboxylic acids is 1. The Hall–Kier alpha value is -3.16. The molecule has 158 valence electrons. The van der Waals surface area contributed by atoms with Gasteiger partial charge in [-0.25, -0.2) is 4.98 Å². The summed E-state index contributed by atoms with van der Waals surface area (Å²) < 4.78 is 6.94. The summed E-state index contributed by atoms with van der Waals surface area (Å²) in [5, 5.41) is 5.57. The van der Waals surface area contributed by atoms with Gasteiger partial charge in [0, 0.05) is 10.9 Å². The highest BCUT2D eigenvalue weighted by Gasteiger charge is 2.15. The van der Waals surface area contributed by atoms with Crippen LogP contribution in [0.4, 0.5) is 5.69 Å². The number of fused-ring (bicyclic) bond motifs is 1. The second-order valence-corrected chi connectivity index (χ2v) is 8.17. The average Bonchev–Trinajstić information content (AvgIpc) is 3.21. The highest BCUT2D eigenvalue weighted by atomic mass is 35.5. The lowest BCUT2D eigenvalue weighted by Crippen LogP contribution is -2.27. The van der Waals surface area contributed by atoms with Gasteiger partial charge in [0.1, 0.15) is 17.1 Å². The van der Waals surface area contributed by atoms with E-state index in [1.54, 1.807) is 24.3 Å². The number of halogens is 1. The molecule has 2 aromatic carbocycles. The number of carbonyl (C=O) groups is 1. The monoisotopic (exact) mass is 453 g/mol. The fourth-order valence-corrected chi connectivity index (χ4v) is 4.24. The lowest BCUT2D eigenvalue weighted by atomic mass is 10.1. The Balaban J connectivity index is 1.61. The van der Waals surface area contributed by atoms with Crippen molar-refractivity contribution in [1.29, 1.82) is 0 Å². The van der Waals surface area contributed by atoms with E-state index in [2.05, 4.69) is 17.2 Å². The minimum absolute atomic E-state index is 0.161. The number of aromatic nitrogens is 2. The number of nitrogens with one attached hydrogen (secondary N) is 1.